The molecule has 1 aliphatic heterocycles. The van der Waals surface area contributed by atoms with Crippen LogP contribution in [0.15, 0.2) is 54.6 Å². The summed E-state index contributed by atoms with van der Waals surface area (Å²) in [5.74, 6) is -0.137. The minimum atomic E-state index is -0.404. The fourth-order valence-corrected chi connectivity index (χ4v) is 4.24. The van der Waals surface area contributed by atoms with Gasteiger partial charge >= 0.3 is 0 Å². The van der Waals surface area contributed by atoms with Crippen molar-refractivity contribution in [2.24, 2.45) is 0 Å². The highest BCUT2D eigenvalue weighted by molar-refractivity contribution is 6.32. The van der Waals surface area contributed by atoms with Gasteiger partial charge < -0.3 is 14.4 Å². The second-order valence-corrected chi connectivity index (χ2v) is 6.98. The Balaban J connectivity index is 1.99. The fraction of sp³-hybridized carbons (Fsp3) is 0.130. The number of amides is 2. The zero-order chi connectivity index (χ0) is 20.1. The predicted molar refractivity (Wildman–Crippen MR) is 110 cm³/mol. The van der Waals surface area contributed by atoms with Crippen molar-refractivity contribution in [1.82, 2.24) is 9.88 Å². The summed E-state index contributed by atoms with van der Waals surface area (Å²) in [5, 5.41) is 13.6. The molecule has 2 heterocycles. The van der Waals surface area contributed by atoms with Gasteiger partial charge in [-0.1, -0.05) is 30.3 Å². The summed E-state index contributed by atoms with van der Waals surface area (Å²) in [6, 6.07) is 17.1. The minimum absolute atomic E-state index is 0.0478. The molecule has 0 bridgehead atoms. The monoisotopic (exact) mass is 386 g/mol. The van der Waals surface area contributed by atoms with Crippen LogP contribution in [0.5, 0.6) is 5.75 Å². The van der Waals surface area contributed by atoms with Crippen molar-refractivity contribution in [3.05, 3.63) is 65.7 Å². The SMILES string of the molecule is COc1ccc2c(c1)c1c3c(c(-c4ccccc4)cc1n2CCO)C(=O)NC3=O. The zero-order valence-corrected chi connectivity index (χ0v) is 15.7. The van der Waals surface area contributed by atoms with E-state index in [2.05, 4.69) is 5.32 Å². The molecule has 0 fully saturated rings. The second kappa shape index (κ2) is 6.46. The summed E-state index contributed by atoms with van der Waals surface area (Å²) >= 11 is 0. The molecular formula is C23H18N2O4. The number of aliphatic hydroxyl groups is 1. The van der Waals surface area contributed by atoms with Gasteiger partial charge in [0.25, 0.3) is 11.8 Å². The molecule has 0 saturated carbocycles. The molecule has 0 radical (unpaired) electrons. The summed E-state index contributed by atoms with van der Waals surface area (Å²) in [4.78, 5) is 25.5. The van der Waals surface area contributed by atoms with E-state index < -0.39 is 11.8 Å². The summed E-state index contributed by atoms with van der Waals surface area (Å²) in [5.41, 5.74) is 3.99. The lowest BCUT2D eigenvalue weighted by Gasteiger charge is -2.10. The van der Waals surface area contributed by atoms with Crippen molar-refractivity contribution in [1.29, 1.82) is 0 Å². The first-order valence-electron chi connectivity index (χ1n) is 9.33. The van der Waals surface area contributed by atoms with E-state index in [0.717, 1.165) is 22.0 Å². The lowest BCUT2D eigenvalue weighted by molar-refractivity contribution is 0.0880. The number of methoxy groups -OCH3 is 1. The Hall–Kier alpha value is -3.64. The first-order chi connectivity index (χ1) is 14.1. The van der Waals surface area contributed by atoms with E-state index in [1.165, 1.54) is 0 Å². The van der Waals surface area contributed by atoms with Crippen LogP contribution in [0.4, 0.5) is 0 Å². The largest absolute Gasteiger partial charge is 0.497 e. The van der Waals surface area contributed by atoms with Crippen molar-refractivity contribution < 1.29 is 19.4 Å². The summed E-state index contributed by atoms with van der Waals surface area (Å²) in [7, 11) is 1.59. The van der Waals surface area contributed by atoms with E-state index in [1.54, 1.807) is 7.11 Å². The third kappa shape index (κ3) is 2.46. The molecule has 3 aromatic carbocycles. The van der Waals surface area contributed by atoms with Gasteiger partial charge in [0.2, 0.25) is 0 Å². The molecule has 2 N–H and O–H groups in total. The van der Waals surface area contributed by atoms with Crippen LogP contribution in [0.1, 0.15) is 20.7 Å². The number of ether oxygens (including phenoxy) is 1. The first kappa shape index (κ1) is 17.5. The van der Waals surface area contributed by atoms with Crippen molar-refractivity contribution in [3.63, 3.8) is 0 Å². The Morgan fingerprint density at radius 1 is 0.966 bits per heavy atom. The standard InChI is InChI=1S/C23H18N2O4/c1-29-14-7-8-17-16(11-14)19-18(25(17)9-10-26)12-15(13-5-3-2-4-6-13)20-21(19)23(28)24-22(20)27/h2-8,11-12,26H,9-10H2,1H3,(H,24,27,28). The molecule has 1 aliphatic rings. The van der Waals surface area contributed by atoms with E-state index >= 15 is 0 Å². The van der Waals surface area contributed by atoms with Crippen LogP contribution in [0, 0.1) is 0 Å². The van der Waals surface area contributed by atoms with Gasteiger partial charge in [-0.3, -0.25) is 14.9 Å². The number of hydrogen-bond acceptors (Lipinski definition) is 4. The van der Waals surface area contributed by atoms with Crippen LogP contribution in [0.2, 0.25) is 0 Å². The maximum absolute atomic E-state index is 12.8. The van der Waals surface area contributed by atoms with Crippen LogP contribution in [-0.2, 0) is 6.54 Å². The van der Waals surface area contributed by atoms with Crippen LogP contribution >= 0.6 is 0 Å². The molecule has 1 aromatic heterocycles. The Bertz CT molecular complexity index is 1310. The van der Waals surface area contributed by atoms with Crippen LogP contribution in [0.3, 0.4) is 0 Å². The number of aromatic nitrogens is 1. The van der Waals surface area contributed by atoms with Gasteiger partial charge in [-0.25, -0.2) is 0 Å². The number of nitrogens with zero attached hydrogens (tertiary/aromatic N) is 1. The molecular weight excluding hydrogens is 368 g/mol. The second-order valence-electron chi connectivity index (χ2n) is 6.98. The molecule has 0 aliphatic carbocycles. The number of imide groups is 1. The molecule has 6 nitrogen and oxygen atoms in total. The quantitative estimate of drug-likeness (QED) is 0.527. The molecule has 5 rings (SSSR count). The lowest BCUT2D eigenvalue weighted by atomic mass is 9.93. The van der Waals surface area contributed by atoms with E-state index in [4.69, 9.17) is 4.74 Å². The number of rotatable bonds is 4. The van der Waals surface area contributed by atoms with Crippen molar-refractivity contribution in [3.8, 4) is 16.9 Å². The van der Waals surface area contributed by atoms with Gasteiger partial charge in [-0.05, 0) is 35.4 Å². The molecule has 0 atom stereocenters. The topological polar surface area (TPSA) is 80.6 Å². The zero-order valence-electron chi connectivity index (χ0n) is 15.7. The number of aliphatic hydroxyl groups excluding tert-OH is 1. The van der Waals surface area contributed by atoms with Gasteiger partial charge in [-0.15, -0.1) is 0 Å². The highest BCUT2D eigenvalue weighted by Crippen LogP contribution is 2.41. The average molecular weight is 386 g/mol. The number of nitrogens with one attached hydrogen (secondary N) is 1. The van der Waals surface area contributed by atoms with Gasteiger partial charge in [0.15, 0.2) is 0 Å². The summed E-state index contributed by atoms with van der Waals surface area (Å²) < 4.78 is 7.35. The lowest BCUT2D eigenvalue weighted by Crippen LogP contribution is -2.20. The molecule has 144 valence electrons. The van der Waals surface area contributed by atoms with Gasteiger partial charge in [0, 0.05) is 22.8 Å². The number of fused-ring (bicyclic) bond motifs is 5. The molecule has 6 heteroatoms. The van der Waals surface area contributed by atoms with Crippen LogP contribution in [-0.4, -0.2) is 35.2 Å². The van der Waals surface area contributed by atoms with Crippen molar-refractivity contribution in [2.75, 3.05) is 13.7 Å². The normalized spacial score (nSPS) is 13.2. The minimum Gasteiger partial charge on any atom is -0.497 e. The van der Waals surface area contributed by atoms with Gasteiger partial charge in [0.1, 0.15) is 5.75 Å². The average Bonchev–Trinajstić information content (AvgIpc) is 3.22. The molecule has 29 heavy (non-hydrogen) atoms. The Labute approximate surface area is 166 Å². The molecule has 0 spiro atoms. The molecule has 4 aromatic rings. The number of carbonyl (C=O) groups is 2. The van der Waals surface area contributed by atoms with E-state index in [1.807, 2.05) is 59.2 Å². The van der Waals surface area contributed by atoms with E-state index in [9.17, 15) is 14.7 Å². The Morgan fingerprint density at radius 3 is 2.45 bits per heavy atom. The molecule has 2 amide bonds. The van der Waals surface area contributed by atoms with E-state index in [0.29, 0.717) is 34.4 Å². The summed E-state index contributed by atoms with van der Waals surface area (Å²) in [6.45, 7) is 0.322. The van der Waals surface area contributed by atoms with Crippen LogP contribution in [0.25, 0.3) is 32.9 Å². The predicted octanol–water partition coefficient (Wildman–Crippen LogP) is 3.35. The van der Waals surface area contributed by atoms with Crippen molar-refractivity contribution in [2.45, 2.75) is 6.54 Å². The first-order valence-corrected chi connectivity index (χ1v) is 9.33. The number of benzene rings is 3. The highest BCUT2D eigenvalue weighted by Gasteiger charge is 2.34. The third-order valence-electron chi connectivity index (χ3n) is 5.45. The smallest absolute Gasteiger partial charge is 0.259 e. The Kier molecular flexibility index (Phi) is 3.89. The third-order valence-corrected chi connectivity index (χ3v) is 5.45. The Morgan fingerprint density at radius 2 is 1.72 bits per heavy atom. The van der Waals surface area contributed by atoms with Gasteiger partial charge in [0.05, 0.1) is 30.4 Å². The maximum atomic E-state index is 12.8. The number of hydrogen-bond donors (Lipinski definition) is 2. The fourth-order valence-electron chi connectivity index (χ4n) is 4.24. The highest BCUT2D eigenvalue weighted by atomic mass is 16.5. The van der Waals surface area contributed by atoms with Crippen LogP contribution < -0.4 is 10.1 Å². The molecule has 0 unspecified atom stereocenters. The number of carbonyl (C=O) groups excluding carboxylic acids is 2. The van der Waals surface area contributed by atoms with Gasteiger partial charge in [-0.2, -0.15) is 0 Å². The van der Waals surface area contributed by atoms with Crippen molar-refractivity contribution >= 4 is 33.6 Å². The maximum Gasteiger partial charge on any atom is 0.259 e. The molecule has 0 saturated heterocycles. The van der Waals surface area contributed by atoms with E-state index in [-0.39, 0.29) is 6.61 Å². The summed E-state index contributed by atoms with van der Waals surface area (Å²) in [6.07, 6.45) is 0.